The molecule has 2 rings (SSSR count). The monoisotopic (exact) mass is 238 g/mol. The van der Waals surface area contributed by atoms with E-state index in [0.29, 0.717) is 14.5 Å². The zero-order chi connectivity index (χ0) is 9.10. The van der Waals surface area contributed by atoms with Crippen LogP contribution in [0.1, 0.15) is 0 Å². The molecule has 0 radical (unpaired) electrons. The summed E-state index contributed by atoms with van der Waals surface area (Å²) in [6, 6.07) is 12.5. The van der Waals surface area contributed by atoms with Gasteiger partial charge in [0, 0.05) is 0 Å². The van der Waals surface area contributed by atoms with Gasteiger partial charge in [0.25, 0.3) is 0 Å². The quantitative estimate of drug-likeness (QED) is 0.729. The fourth-order valence-corrected chi connectivity index (χ4v) is 2.75. The summed E-state index contributed by atoms with van der Waals surface area (Å²) in [6.07, 6.45) is 0. The van der Waals surface area contributed by atoms with Crippen LogP contribution in [0.5, 0.6) is 4.62 Å². The molecule has 0 aliphatic rings. The maximum absolute atomic E-state index is 5.20. The summed E-state index contributed by atoms with van der Waals surface area (Å²) in [5, 5.41) is 0. The van der Waals surface area contributed by atoms with E-state index in [1.165, 1.54) is 11.1 Å². The molecule has 1 nitrogen and oxygen atoms in total. The number of hydrogen-bond acceptors (Lipinski definition) is 1. The number of methoxy groups -OCH3 is 1. The van der Waals surface area contributed by atoms with Gasteiger partial charge >= 0.3 is 83.4 Å². The Morgan fingerprint density at radius 1 is 1.08 bits per heavy atom. The van der Waals surface area contributed by atoms with Gasteiger partial charge in [-0.3, -0.25) is 0 Å². The van der Waals surface area contributed by atoms with Gasteiger partial charge in [0.05, 0.1) is 0 Å². The van der Waals surface area contributed by atoms with Gasteiger partial charge in [0.15, 0.2) is 0 Å². The van der Waals surface area contributed by atoms with E-state index in [0.717, 1.165) is 4.62 Å². The number of rotatable bonds is 2. The van der Waals surface area contributed by atoms with Crippen LogP contribution in [0.2, 0.25) is 0 Å². The molecular weight excluding hydrogens is 227 g/mol. The van der Waals surface area contributed by atoms with E-state index in [4.69, 9.17) is 4.74 Å². The molecule has 0 N–H and O–H groups in total. The Morgan fingerprint density at radius 3 is 2.46 bits per heavy atom. The zero-order valence-electron chi connectivity index (χ0n) is 7.36. The van der Waals surface area contributed by atoms with E-state index in [-0.39, 0.29) is 0 Å². The minimum absolute atomic E-state index is 0.389. The molecule has 1 aromatic heterocycles. The van der Waals surface area contributed by atoms with Crippen LogP contribution in [0.25, 0.3) is 11.1 Å². The summed E-state index contributed by atoms with van der Waals surface area (Å²) >= 11 is 0.389. The fourth-order valence-electron chi connectivity index (χ4n) is 1.21. The molecule has 0 saturated heterocycles. The molecule has 13 heavy (non-hydrogen) atoms. The van der Waals surface area contributed by atoms with Crippen molar-refractivity contribution >= 4 is 14.5 Å². The van der Waals surface area contributed by atoms with Crippen LogP contribution >= 0.6 is 0 Å². The second-order valence-corrected chi connectivity index (χ2v) is 4.56. The minimum atomic E-state index is 0.389. The van der Waals surface area contributed by atoms with Crippen LogP contribution in [0.3, 0.4) is 0 Å². The van der Waals surface area contributed by atoms with Crippen LogP contribution in [-0.4, -0.2) is 21.6 Å². The van der Waals surface area contributed by atoms with Crippen LogP contribution < -0.4 is 4.74 Å². The Bertz CT molecular complexity index is 378. The molecule has 0 atom stereocenters. The molecule has 2 aromatic rings. The molecule has 0 amide bonds. The number of ether oxygens (including phenoxy) is 1. The van der Waals surface area contributed by atoms with E-state index in [1.54, 1.807) is 7.11 Å². The summed E-state index contributed by atoms with van der Waals surface area (Å²) < 4.78 is 6.30. The Hall–Kier alpha value is -0.981. The van der Waals surface area contributed by atoms with Crippen LogP contribution in [0.15, 0.2) is 41.3 Å². The summed E-state index contributed by atoms with van der Waals surface area (Å²) in [5.41, 5.74) is 2.56. The standard InChI is InChI=1S/C11H10OSe/c1-12-11-7-10(8-13-11)9-5-3-2-4-6-9/h2-8H,1H3. The van der Waals surface area contributed by atoms with E-state index >= 15 is 0 Å². The van der Waals surface area contributed by atoms with Gasteiger partial charge in [-0.25, -0.2) is 0 Å². The molecular formula is C11H10OSe. The van der Waals surface area contributed by atoms with Gasteiger partial charge in [-0.2, -0.15) is 0 Å². The third kappa shape index (κ3) is 1.85. The van der Waals surface area contributed by atoms with Crippen molar-refractivity contribution in [2.75, 3.05) is 7.11 Å². The number of benzene rings is 1. The summed E-state index contributed by atoms with van der Waals surface area (Å²) in [7, 11) is 1.73. The molecule has 0 unspecified atom stereocenters. The van der Waals surface area contributed by atoms with Crippen molar-refractivity contribution in [3.8, 4) is 15.8 Å². The molecule has 0 aliphatic carbocycles. The predicted molar refractivity (Wildman–Crippen MR) is 55.4 cm³/mol. The van der Waals surface area contributed by atoms with Crippen molar-refractivity contribution in [2.24, 2.45) is 0 Å². The SMILES string of the molecule is COc1cc(-c2ccccc2)c[se]1. The average Bonchev–Trinajstić information content (AvgIpc) is 2.67. The van der Waals surface area contributed by atoms with Crippen LogP contribution in [-0.2, 0) is 0 Å². The van der Waals surface area contributed by atoms with Crippen molar-refractivity contribution in [2.45, 2.75) is 0 Å². The first kappa shape index (κ1) is 8.61. The van der Waals surface area contributed by atoms with Gasteiger partial charge in [-0.05, 0) is 0 Å². The van der Waals surface area contributed by atoms with Crippen molar-refractivity contribution in [3.05, 3.63) is 41.3 Å². The zero-order valence-corrected chi connectivity index (χ0v) is 9.07. The molecule has 66 valence electrons. The Morgan fingerprint density at radius 2 is 1.85 bits per heavy atom. The van der Waals surface area contributed by atoms with E-state index < -0.39 is 0 Å². The Balaban J connectivity index is 2.36. The van der Waals surface area contributed by atoms with Crippen molar-refractivity contribution in [1.82, 2.24) is 0 Å². The predicted octanol–water partition coefficient (Wildman–Crippen LogP) is 2.42. The topological polar surface area (TPSA) is 9.23 Å². The summed E-state index contributed by atoms with van der Waals surface area (Å²) in [6.45, 7) is 0. The van der Waals surface area contributed by atoms with Crippen molar-refractivity contribution < 1.29 is 4.74 Å². The van der Waals surface area contributed by atoms with E-state index in [1.807, 2.05) is 6.07 Å². The molecule has 2 heteroatoms. The molecule has 0 aliphatic heterocycles. The van der Waals surface area contributed by atoms with Gasteiger partial charge < -0.3 is 0 Å². The summed E-state index contributed by atoms with van der Waals surface area (Å²) in [5.74, 6) is 0. The molecule has 0 saturated carbocycles. The normalized spacial score (nSPS) is 9.92. The Kier molecular flexibility index (Phi) is 2.53. The van der Waals surface area contributed by atoms with E-state index in [2.05, 4.69) is 35.3 Å². The average molecular weight is 237 g/mol. The molecule has 0 bridgehead atoms. The third-order valence-electron chi connectivity index (χ3n) is 1.88. The molecule has 0 fully saturated rings. The van der Waals surface area contributed by atoms with Gasteiger partial charge in [-0.1, -0.05) is 0 Å². The molecule has 1 heterocycles. The second-order valence-electron chi connectivity index (χ2n) is 2.72. The van der Waals surface area contributed by atoms with Crippen LogP contribution in [0.4, 0.5) is 0 Å². The first-order valence-electron chi connectivity index (χ1n) is 4.08. The van der Waals surface area contributed by atoms with E-state index in [9.17, 15) is 0 Å². The summed E-state index contributed by atoms with van der Waals surface area (Å²) in [4.78, 5) is 2.25. The van der Waals surface area contributed by atoms with Crippen LogP contribution in [0, 0.1) is 0 Å². The molecule has 1 aromatic carbocycles. The first-order chi connectivity index (χ1) is 6.40. The van der Waals surface area contributed by atoms with Crippen molar-refractivity contribution in [3.63, 3.8) is 0 Å². The fraction of sp³-hybridized carbons (Fsp3) is 0.0909. The van der Waals surface area contributed by atoms with Gasteiger partial charge in [-0.15, -0.1) is 0 Å². The van der Waals surface area contributed by atoms with Crippen molar-refractivity contribution in [1.29, 1.82) is 0 Å². The Labute approximate surface area is 83.7 Å². The number of hydrogen-bond donors (Lipinski definition) is 0. The van der Waals surface area contributed by atoms with Gasteiger partial charge in [0.2, 0.25) is 0 Å². The third-order valence-corrected chi connectivity index (χ3v) is 3.75. The maximum atomic E-state index is 5.20. The van der Waals surface area contributed by atoms with Gasteiger partial charge in [0.1, 0.15) is 0 Å². The first-order valence-corrected chi connectivity index (χ1v) is 5.92. The second kappa shape index (κ2) is 3.82. The molecule has 0 spiro atoms.